The first-order valence-corrected chi connectivity index (χ1v) is 15.9. The predicted molar refractivity (Wildman–Crippen MR) is 139 cm³/mol. The zero-order chi connectivity index (χ0) is 24.8. The van der Waals surface area contributed by atoms with E-state index in [2.05, 4.69) is 46.1 Å². The molecule has 3 aliphatic heterocycles. The Balaban J connectivity index is 1.24. The minimum absolute atomic E-state index is 0.0709. The summed E-state index contributed by atoms with van der Waals surface area (Å²) in [6, 6.07) is 4.26. The first kappa shape index (κ1) is 26.0. The molecule has 6 N–H and O–H groups in total. The molecule has 0 spiro atoms. The summed E-state index contributed by atoms with van der Waals surface area (Å²) in [5.74, 6) is 3.78. The molecule has 3 heterocycles. The Bertz CT molecular complexity index is 834. The van der Waals surface area contributed by atoms with Gasteiger partial charge in [0.15, 0.2) is 6.26 Å². The molecule has 5 aliphatic rings. The monoisotopic (exact) mass is 507 g/mol. The fraction of sp³-hybridized carbons (Fsp3) is 0.962. The van der Waals surface area contributed by atoms with E-state index in [1.54, 1.807) is 0 Å². The van der Waals surface area contributed by atoms with Gasteiger partial charge in [0.1, 0.15) is 0 Å². The van der Waals surface area contributed by atoms with Crippen molar-refractivity contribution in [3.8, 4) is 6.07 Å². The molecular weight excluding hydrogens is 460 g/mol. The molecule has 198 valence electrons. The number of nitrogens with one attached hydrogen (secondary N) is 5. The Labute approximate surface area is 212 Å². The van der Waals surface area contributed by atoms with E-state index in [1.807, 2.05) is 0 Å². The van der Waals surface area contributed by atoms with Gasteiger partial charge in [-0.15, -0.1) is 4.72 Å². The number of hydrogen-bond donors (Lipinski definition) is 6. The van der Waals surface area contributed by atoms with Crippen LogP contribution in [0.5, 0.6) is 0 Å². The minimum Gasteiger partial charge on any atom is -0.315 e. The molecule has 9 atom stereocenters. The summed E-state index contributed by atoms with van der Waals surface area (Å²) in [5.41, 5.74) is 7.22. The Hall–Kier alpha value is -0.600. The van der Waals surface area contributed by atoms with Crippen LogP contribution < -0.4 is 26.2 Å². The van der Waals surface area contributed by atoms with E-state index < -0.39 is 10.4 Å². The average molecular weight is 508 g/mol. The van der Waals surface area contributed by atoms with Crippen molar-refractivity contribution in [3.05, 3.63) is 0 Å². The van der Waals surface area contributed by atoms with Crippen LogP contribution in [0.15, 0.2) is 0 Å². The number of nitriles is 1. The van der Waals surface area contributed by atoms with Crippen LogP contribution in [-0.2, 0) is 14.6 Å². The van der Waals surface area contributed by atoms with Gasteiger partial charge in [-0.3, -0.25) is 10.9 Å². The quantitative estimate of drug-likeness (QED) is 0.316. The van der Waals surface area contributed by atoms with Gasteiger partial charge in [-0.1, -0.05) is 0 Å². The third-order valence-corrected chi connectivity index (χ3v) is 11.1. The van der Waals surface area contributed by atoms with E-state index in [0.717, 1.165) is 26.1 Å². The maximum Gasteiger partial charge on any atom is 0.285 e. The number of piperidine rings is 2. The molecule has 2 saturated carbocycles. The average Bonchev–Trinajstić information content (AvgIpc) is 3.28. The molecule has 9 unspecified atom stereocenters. The standard InChI is InChI=1S/C26H46N6O2S/c1-26(2,15-27)19-7-4-16(5-8-19)25-24-21-11-17(6-9-22(21)29-14-23(24)30-31-25)18-10-20(13-28-12-18)32-35(3,33)34/h16-25,28-31H,4-14H2,1-3H3,(H-,32,33,34)/p+1. The Morgan fingerprint density at radius 1 is 0.943 bits per heavy atom. The van der Waals surface area contributed by atoms with Gasteiger partial charge in [0.25, 0.3) is 10.4 Å². The molecule has 9 heteroatoms. The van der Waals surface area contributed by atoms with Crippen molar-refractivity contribution >= 4 is 10.4 Å². The molecule has 0 amide bonds. The lowest BCUT2D eigenvalue weighted by Crippen LogP contribution is -2.59. The summed E-state index contributed by atoms with van der Waals surface area (Å²) < 4.78 is 24.7. The second kappa shape index (κ2) is 10.3. The smallest absolute Gasteiger partial charge is 0.285 e. The second-order valence-corrected chi connectivity index (χ2v) is 14.8. The molecule has 2 aliphatic carbocycles. The zero-order valence-corrected chi connectivity index (χ0v) is 22.6. The van der Waals surface area contributed by atoms with Crippen LogP contribution in [0.25, 0.3) is 0 Å². The highest BCUT2D eigenvalue weighted by molar-refractivity contribution is 7.95. The molecule has 35 heavy (non-hydrogen) atoms. The zero-order valence-electron chi connectivity index (χ0n) is 21.8. The van der Waals surface area contributed by atoms with Gasteiger partial charge in [-0.25, -0.2) is 0 Å². The summed E-state index contributed by atoms with van der Waals surface area (Å²) >= 11 is 0. The molecule has 3 saturated heterocycles. The molecule has 0 aromatic rings. The maximum atomic E-state index is 11.9. The minimum atomic E-state index is -2.93. The first-order chi connectivity index (χ1) is 16.6. The number of hydrogen-bond acceptors (Lipinski definition) is 6. The van der Waals surface area contributed by atoms with Crippen molar-refractivity contribution in [3.63, 3.8) is 0 Å². The highest BCUT2D eigenvalue weighted by atomic mass is 32.3. The molecule has 5 fully saturated rings. The lowest BCUT2D eigenvalue weighted by molar-refractivity contribution is 0.0451. The number of nitrogens with zero attached hydrogens (tertiary/aromatic N) is 1. The summed E-state index contributed by atoms with van der Waals surface area (Å²) in [6.45, 7) is 7.07. The largest absolute Gasteiger partial charge is 0.315 e. The van der Waals surface area contributed by atoms with E-state index in [9.17, 15) is 14.0 Å². The fourth-order valence-corrected chi connectivity index (χ4v) is 9.28. The van der Waals surface area contributed by atoms with Gasteiger partial charge < -0.3 is 10.6 Å². The molecule has 0 aromatic carbocycles. The van der Waals surface area contributed by atoms with Gasteiger partial charge in [-0.2, -0.15) is 9.81 Å². The van der Waals surface area contributed by atoms with E-state index in [-0.39, 0.29) is 11.5 Å². The van der Waals surface area contributed by atoms with Gasteiger partial charge in [0.2, 0.25) is 0 Å². The lowest BCUT2D eigenvalue weighted by atomic mass is 9.60. The van der Waals surface area contributed by atoms with E-state index in [0.29, 0.717) is 53.6 Å². The molecule has 8 nitrogen and oxygen atoms in total. The van der Waals surface area contributed by atoms with Crippen molar-refractivity contribution in [2.24, 2.45) is 40.9 Å². The Morgan fingerprint density at radius 2 is 1.69 bits per heavy atom. The summed E-state index contributed by atoms with van der Waals surface area (Å²) in [7, 11) is -2.93. The van der Waals surface area contributed by atoms with Crippen LogP contribution in [0.1, 0.15) is 65.2 Å². The number of hydrazine groups is 1. The Kier molecular flexibility index (Phi) is 7.64. The van der Waals surface area contributed by atoms with Crippen LogP contribution in [0, 0.1) is 52.3 Å². The second-order valence-electron chi connectivity index (χ2n) is 13.0. The SMILES string of the molecule is CC(C)(C#N)C1CCC(C2NNC3CNC4CCC(C5CNCC(N[S+](C)(=O)O)C5)CC4C32)CC1. The van der Waals surface area contributed by atoms with Crippen LogP contribution >= 0.6 is 0 Å². The highest BCUT2D eigenvalue weighted by Crippen LogP contribution is 2.48. The van der Waals surface area contributed by atoms with Crippen molar-refractivity contribution in [2.75, 3.05) is 25.9 Å². The van der Waals surface area contributed by atoms with Crippen molar-refractivity contribution in [2.45, 2.75) is 89.4 Å². The summed E-state index contributed by atoms with van der Waals surface area (Å²) in [4.78, 5) is 0. The topological polar surface area (TPSA) is 121 Å². The number of fused-ring (bicyclic) bond motifs is 3. The fourth-order valence-electron chi connectivity index (χ4n) is 8.48. The van der Waals surface area contributed by atoms with Crippen LogP contribution in [0.2, 0.25) is 0 Å². The molecule has 0 radical (unpaired) electrons. The van der Waals surface area contributed by atoms with Gasteiger partial charge in [-0.05, 0) is 111 Å². The third kappa shape index (κ3) is 5.64. The normalized spacial score (nSPS) is 46.1. The van der Waals surface area contributed by atoms with Gasteiger partial charge >= 0.3 is 0 Å². The van der Waals surface area contributed by atoms with Crippen molar-refractivity contribution in [1.29, 1.82) is 5.26 Å². The molecule has 5 rings (SSSR count). The van der Waals surface area contributed by atoms with Crippen molar-refractivity contribution < 1.29 is 8.76 Å². The number of rotatable bonds is 5. The first-order valence-electron chi connectivity index (χ1n) is 14.0. The van der Waals surface area contributed by atoms with Crippen LogP contribution in [0.3, 0.4) is 0 Å². The van der Waals surface area contributed by atoms with Crippen LogP contribution in [0.4, 0.5) is 0 Å². The molecule has 0 bridgehead atoms. The van der Waals surface area contributed by atoms with E-state index in [1.165, 1.54) is 51.2 Å². The van der Waals surface area contributed by atoms with E-state index >= 15 is 0 Å². The summed E-state index contributed by atoms with van der Waals surface area (Å²) in [6.07, 6.45) is 10.9. The van der Waals surface area contributed by atoms with Crippen LogP contribution in [-0.4, -0.2) is 54.6 Å². The van der Waals surface area contributed by atoms with E-state index in [4.69, 9.17) is 0 Å². The Morgan fingerprint density at radius 3 is 2.40 bits per heavy atom. The molecule has 0 aromatic heterocycles. The lowest BCUT2D eigenvalue weighted by Gasteiger charge is -2.50. The van der Waals surface area contributed by atoms with Gasteiger partial charge in [0, 0.05) is 31.2 Å². The van der Waals surface area contributed by atoms with Crippen molar-refractivity contribution in [1.82, 2.24) is 26.2 Å². The highest BCUT2D eigenvalue weighted by Gasteiger charge is 2.52. The predicted octanol–water partition coefficient (Wildman–Crippen LogP) is 2.28. The van der Waals surface area contributed by atoms with Gasteiger partial charge in [0.05, 0.1) is 17.5 Å². The summed E-state index contributed by atoms with van der Waals surface area (Å²) in [5, 5.41) is 17.0. The third-order valence-electron chi connectivity index (χ3n) is 10.4. The molecular formula is C26H47N6O2S+. The maximum absolute atomic E-state index is 11.9.